The number of carbonyl (C=O) groups is 1. The van der Waals surface area contributed by atoms with E-state index in [1.165, 1.54) is 37.8 Å². The Balaban J connectivity index is 1.76. The summed E-state index contributed by atoms with van der Waals surface area (Å²) in [5.41, 5.74) is 1.61. The molecule has 1 aromatic carbocycles. The maximum absolute atomic E-state index is 11.0. The van der Waals surface area contributed by atoms with Gasteiger partial charge >= 0.3 is 5.97 Å². The number of carboxylic acid groups (broad SMARTS) is 1. The van der Waals surface area contributed by atoms with E-state index in [1.807, 2.05) is 12.1 Å². The Morgan fingerprint density at radius 3 is 2.83 bits per heavy atom. The molecule has 0 radical (unpaired) electrons. The fraction of sp³-hybridized carbons (Fsp3) is 0.533. The van der Waals surface area contributed by atoms with Gasteiger partial charge in [0.25, 0.3) is 0 Å². The second-order valence-corrected chi connectivity index (χ2v) is 5.50. The zero-order valence-corrected chi connectivity index (χ0v) is 10.5. The van der Waals surface area contributed by atoms with E-state index in [0.29, 0.717) is 11.5 Å². The predicted octanol–water partition coefficient (Wildman–Crippen LogP) is 2.73. The van der Waals surface area contributed by atoms with Gasteiger partial charge in [-0.25, -0.2) is 4.79 Å². The molecule has 1 atom stereocenters. The first-order chi connectivity index (χ1) is 8.74. The molecule has 1 N–H and O–H groups in total. The van der Waals surface area contributed by atoms with Crippen LogP contribution in [0.15, 0.2) is 24.3 Å². The Labute approximate surface area is 107 Å². The van der Waals surface area contributed by atoms with E-state index in [4.69, 9.17) is 5.11 Å². The van der Waals surface area contributed by atoms with Crippen molar-refractivity contribution in [1.82, 2.24) is 4.90 Å². The molecular weight excluding hydrogens is 226 g/mol. The van der Waals surface area contributed by atoms with Gasteiger partial charge in [0.05, 0.1) is 5.56 Å². The molecule has 0 bridgehead atoms. The molecule has 1 aliphatic heterocycles. The monoisotopic (exact) mass is 245 g/mol. The van der Waals surface area contributed by atoms with Crippen LogP contribution in [0.25, 0.3) is 0 Å². The van der Waals surface area contributed by atoms with Crippen molar-refractivity contribution < 1.29 is 9.90 Å². The van der Waals surface area contributed by atoms with E-state index in [1.54, 1.807) is 6.07 Å². The number of nitrogens with zero attached hydrogens (tertiary/aromatic N) is 1. The number of aromatic carboxylic acids is 1. The van der Waals surface area contributed by atoms with Crippen molar-refractivity contribution in [2.75, 3.05) is 13.1 Å². The molecule has 3 nitrogen and oxygen atoms in total. The lowest BCUT2D eigenvalue weighted by Crippen LogP contribution is -2.35. The quantitative estimate of drug-likeness (QED) is 0.890. The molecule has 0 spiro atoms. The third-order valence-electron chi connectivity index (χ3n) is 4.12. The van der Waals surface area contributed by atoms with Gasteiger partial charge in [-0.05, 0) is 55.8 Å². The lowest BCUT2D eigenvalue weighted by atomic mass is 9.89. The Kier molecular flexibility index (Phi) is 3.08. The van der Waals surface area contributed by atoms with Crippen LogP contribution in [-0.2, 0) is 0 Å². The minimum atomic E-state index is -0.827. The van der Waals surface area contributed by atoms with Crippen molar-refractivity contribution in [3.63, 3.8) is 0 Å². The highest BCUT2D eigenvalue weighted by Crippen LogP contribution is 2.34. The van der Waals surface area contributed by atoms with E-state index in [9.17, 15) is 4.79 Å². The highest BCUT2D eigenvalue weighted by molar-refractivity contribution is 5.87. The summed E-state index contributed by atoms with van der Waals surface area (Å²) in [6.45, 7) is 2.33. The molecule has 1 unspecified atom stereocenters. The molecule has 1 aliphatic carbocycles. The minimum Gasteiger partial charge on any atom is -0.478 e. The van der Waals surface area contributed by atoms with E-state index in [2.05, 4.69) is 11.0 Å². The van der Waals surface area contributed by atoms with Gasteiger partial charge in [-0.1, -0.05) is 12.1 Å². The van der Waals surface area contributed by atoms with Gasteiger partial charge in [-0.3, -0.25) is 4.90 Å². The zero-order valence-electron chi connectivity index (χ0n) is 10.5. The summed E-state index contributed by atoms with van der Waals surface area (Å²) in [7, 11) is 0. The Bertz CT molecular complexity index is 454. The SMILES string of the molecule is O=C(O)c1cccc(C2CCCN(C3CC3)C2)c1. The van der Waals surface area contributed by atoms with E-state index in [-0.39, 0.29) is 0 Å². The van der Waals surface area contributed by atoms with Crippen LogP contribution in [0.2, 0.25) is 0 Å². The van der Waals surface area contributed by atoms with Crippen molar-refractivity contribution >= 4 is 5.97 Å². The van der Waals surface area contributed by atoms with Gasteiger partial charge in [0.2, 0.25) is 0 Å². The smallest absolute Gasteiger partial charge is 0.335 e. The number of likely N-dealkylation sites (tertiary alicyclic amines) is 1. The summed E-state index contributed by atoms with van der Waals surface area (Å²) < 4.78 is 0. The highest BCUT2D eigenvalue weighted by atomic mass is 16.4. The molecule has 0 aromatic heterocycles. The molecule has 3 rings (SSSR count). The van der Waals surface area contributed by atoms with Crippen LogP contribution in [0.5, 0.6) is 0 Å². The zero-order chi connectivity index (χ0) is 12.5. The lowest BCUT2D eigenvalue weighted by Gasteiger charge is -2.33. The van der Waals surface area contributed by atoms with E-state index >= 15 is 0 Å². The van der Waals surface area contributed by atoms with Crippen molar-refractivity contribution in [3.05, 3.63) is 35.4 Å². The summed E-state index contributed by atoms with van der Waals surface area (Å²) in [4.78, 5) is 13.6. The first kappa shape index (κ1) is 11.7. The lowest BCUT2D eigenvalue weighted by molar-refractivity contribution is 0.0696. The van der Waals surface area contributed by atoms with Gasteiger partial charge in [-0.15, -0.1) is 0 Å². The number of hydrogen-bond donors (Lipinski definition) is 1. The molecule has 1 heterocycles. The average molecular weight is 245 g/mol. The van der Waals surface area contributed by atoms with Crippen LogP contribution in [0.4, 0.5) is 0 Å². The normalized spacial score (nSPS) is 25.0. The fourth-order valence-electron chi connectivity index (χ4n) is 2.98. The van der Waals surface area contributed by atoms with Crippen molar-refractivity contribution in [3.8, 4) is 0 Å². The van der Waals surface area contributed by atoms with Gasteiger partial charge in [0.1, 0.15) is 0 Å². The molecule has 1 aromatic rings. The topological polar surface area (TPSA) is 40.5 Å². The van der Waals surface area contributed by atoms with E-state index in [0.717, 1.165) is 12.6 Å². The number of rotatable bonds is 3. The molecule has 3 heteroatoms. The Morgan fingerprint density at radius 1 is 1.28 bits per heavy atom. The fourth-order valence-corrected chi connectivity index (χ4v) is 2.98. The molecule has 2 fully saturated rings. The standard InChI is InChI=1S/C15H19NO2/c17-15(18)12-4-1-3-11(9-12)13-5-2-8-16(10-13)14-6-7-14/h1,3-4,9,13-14H,2,5-8,10H2,(H,17,18). The highest BCUT2D eigenvalue weighted by Gasteiger charge is 2.32. The summed E-state index contributed by atoms with van der Waals surface area (Å²) in [6.07, 6.45) is 5.12. The molecule has 96 valence electrons. The van der Waals surface area contributed by atoms with Gasteiger partial charge in [0.15, 0.2) is 0 Å². The minimum absolute atomic E-state index is 0.413. The number of hydrogen-bond acceptors (Lipinski definition) is 2. The third kappa shape index (κ3) is 2.41. The van der Waals surface area contributed by atoms with Crippen LogP contribution in [0.3, 0.4) is 0 Å². The Hall–Kier alpha value is -1.35. The Morgan fingerprint density at radius 2 is 2.11 bits per heavy atom. The van der Waals surface area contributed by atoms with Crippen LogP contribution in [0.1, 0.15) is 47.5 Å². The van der Waals surface area contributed by atoms with E-state index < -0.39 is 5.97 Å². The first-order valence-electron chi connectivity index (χ1n) is 6.81. The largest absolute Gasteiger partial charge is 0.478 e. The van der Waals surface area contributed by atoms with Crippen molar-refractivity contribution in [1.29, 1.82) is 0 Å². The summed E-state index contributed by atoms with van der Waals surface area (Å²) in [6, 6.07) is 8.29. The molecule has 2 aliphatic rings. The second-order valence-electron chi connectivity index (χ2n) is 5.50. The summed E-state index contributed by atoms with van der Waals surface area (Å²) in [5.74, 6) is -0.314. The molecule has 1 saturated heterocycles. The molecule has 1 saturated carbocycles. The van der Waals surface area contributed by atoms with Gasteiger partial charge < -0.3 is 5.11 Å². The van der Waals surface area contributed by atoms with Crippen molar-refractivity contribution in [2.45, 2.75) is 37.6 Å². The molecular formula is C15H19NO2. The maximum Gasteiger partial charge on any atom is 0.335 e. The molecule has 0 amide bonds. The number of benzene rings is 1. The number of piperidine rings is 1. The van der Waals surface area contributed by atoms with Crippen LogP contribution < -0.4 is 0 Å². The second kappa shape index (κ2) is 4.73. The first-order valence-corrected chi connectivity index (χ1v) is 6.81. The van der Waals surface area contributed by atoms with Crippen molar-refractivity contribution in [2.24, 2.45) is 0 Å². The van der Waals surface area contributed by atoms with Gasteiger partial charge in [-0.2, -0.15) is 0 Å². The average Bonchev–Trinajstić information content (AvgIpc) is 3.23. The summed E-state index contributed by atoms with van der Waals surface area (Å²) in [5, 5.41) is 9.05. The van der Waals surface area contributed by atoms with Gasteiger partial charge in [0, 0.05) is 12.6 Å². The predicted molar refractivity (Wildman–Crippen MR) is 70.0 cm³/mol. The summed E-state index contributed by atoms with van der Waals surface area (Å²) >= 11 is 0. The maximum atomic E-state index is 11.0. The third-order valence-corrected chi connectivity index (χ3v) is 4.12. The van der Waals surface area contributed by atoms with Crippen LogP contribution >= 0.6 is 0 Å². The molecule has 18 heavy (non-hydrogen) atoms. The van der Waals surface area contributed by atoms with Crippen LogP contribution in [-0.4, -0.2) is 35.1 Å². The van der Waals surface area contributed by atoms with Crippen LogP contribution in [0, 0.1) is 0 Å². The number of carboxylic acids is 1.